The van der Waals surface area contributed by atoms with Crippen LogP contribution in [0, 0.1) is 5.41 Å². The molecule has 0 bridgehead atoms. The highest BCUT2D eigenvalue weighted by Crippen LogP contribution is 2.54. The Morgan fingerprint density at radius 2 is 1.58 bits per heavy atom. The van der Waals surface area contributed by atoms with Gasteiger partial charge in [-0.25, -0.2) is 4.57 Å². The van der Waals surface area contributed by atoms with Gasteiger partial charge in [-0.2, -0.15) is 0 Å². The fraction of sp³-hybridized carbons (Fsp3) is 0.400. The van der Waals surface area contributed by atoms with Crippen molar-refractivity contribution < 1.29 is 14.0 Å². The minimum absolute atomic E-state index is 0.110. The minimum Gasteiger partial charge on any atom is -0.421 e. The summed E-state index contributed by atoms with van der Waals surface area (Å²) < 4.78 is 18.5. The number of rotatable bonds is 2. The molecule has 0 radical (unpaired) electrons. The van der Waals surface area contributed by atoms with E-state index in [9.17, 15) is 9.46 Å². The largest absolute Gasteiger partial charge is 0.421 e. The molecule has 0 amide bonds. The van der Waals surface area contributed by atoms with Gasteiger partial charge >= 0.3 is 7.60 Å². The van der Waals surface area contributed by atoms with Crippen molar-refractivity contribution >= 4 is 12.9 Å². The smallest absolute Gasteiger partial charge is 0.409 e. The first-order valence-corrected chi connectivity index (χ1v) is 9.85. The maximum absolute atomic E-state index is 13.0. The van der Waals surface area contributed by atoms with E-state index in [4.69, 9.17) is 4.52 Å². The third kappa shape index (κ3) is 3.03. The van der Waals surface area contributed by atoms with E-state index < -0.39 is 7.60 Å². The van der Waals surface area contributed by atoms with E-state index in [0.717, 1.165) is 23.1 Å². The van der Waals surface area contributed by atoms with Gasteiger partial charge in [0.2, 0.25) is 0 Å². The second-order valence-corrected chi connectivity index (χ2v) is 10.1. The molecule has 24 heavy (non-hydrogen) atoms. The Balaban J connectivity index is 2.26. The van der Waals surface area contributed by atoms with Crippen LogP contribution < -0.4 is 9.83 Å². The molecule has 1 atom stereocenters. The van der Waals surface area contributed by atoms with Gasteiger partial charge in [0.15, 0.2) is 0 Å². The molecule has 1 aliphatic rings. The summed E-state index contributed by atoms with van der Waals surface area (Å²) in [5, 5.41) is 0.456. The molecule has 1 heterocycles. The van der Waals surface area contributed by atoms with Gasteiger partial charge < -0.3 is 9.42 Å². The monoisotopic (exact) mass is 344 g/mol. The summed E-state index contributed by atoms with van der Waals surface area (Å²) in [6.45, 7) is 10.8. The molecule has 1 unspecified atom stereocenters. The van der Waals surface area contributed by atoms with Gasteiger partial charge in [-0.15, -0.1) is 0 Å². The number of benzene rings is 2. The molecule has 3 rings (SSSR count). The molecule has 3 nitrogen and oxygen atoms in total. The quantitative estimate of drug-likeness (QED) is 0.755. The predicted octanol–water partition coefficient (Wildman–Crippen LogP) is 5.27. The highest BCUT2D eigenvalue weighted by Gasteiger charge is 2.41. The SMILES string of the molecule is CC(C)(C)CC(C)(C)c1cccc2c1P(=O)(O)Oc1ccccc1-2. The molecule has 2 aromatic carbocycles. The highest BCUT2D eigenvalue weighted by molar-refractivity contribution is 7.62. The Morgan fingerprint density at radius 3 is 2.25 bits per heavy atom. The van der Waals surface area contributed by atoms with Crippen molar-refractivity contribution in [3.8, 4) is 16.9 Å². The lowest BCUT2D eigenvalue weighted by molar-refractivity contribution is 0.284. The third-order valence-corrected chi connectivity index (χ3v) is 5.91. The highest BCUT2D eigenvalue weighted by atomic mass is 31.2. The van der Waals surface area contributed by atoms with Crippen LogP contribution in [0.25, 0.3) is 11.1 Å². The molecular weight excluding hydrogens is 319 g/mol. The molecule has 0 saturated heterocycles. The lowest BCUT2D eigenvalue weighted by Gasteiger charge is -2.36. The van der Waals surface area contributed by atoms with Crippen LogP contribution in [-0.2, 0) is 9.98 Å². The standard InChI is InChI=1S/C20H25O3P/c1-19(2,3)13-20(4,5)16-11-8-10-15-14-9-6-7-12-17(14)23-24(21,22)18(15)16/h6-12H,13H2,1-5H3,(H,21,22). The molecule has 0 fully saturated rings. The van der Waals surface area contributed by atoms with Crippen LogP contribution >= 0.6 is 7.60 Å². The van der Waals surface area contributed by atoms with E-state index in [-0.39, 0.29) is 10.8 Å². The Hall–Kier alpha value is -1.57. The van der Waals surface area contributed by atoms with Crippen LogP contribution in [0.2, 0.25) is 0 Å². The van der Waals surface area contributed by atoms with E-state index in [0.29, 0.717) is 11.1 Å². The molecule has 0 saturated carbocycles. The zero-order valence-corrected chi connectivity index (χ0v) is 15.9. The summed E-state index contributed by atoms with van der Waals surface area (Å²) in [4.78, 5) is 10.6. The predicted molar refractivity (Wildman–Crippen MR) is 99.1 cm³/mol. The minimum atomic E-state index is -3.91. The molecular formula is C20H25O3P. The second-order valence-electron chi connectivity index (χ2n) is 8.43. The first-order valence-electron chi connectivity index (χ1n) is 8.27. The van der Waals surface area contributed by atoms with Gasteiger partial charge in [0.25, 0.3) is 0 Å². The Kier molecular flexibility index (Phi) is 3.94. The fourth-order valence-corrected chi connectivity index (χ4v) is 5.68. The van der Waals surface area contributed by atoms with Crippen LogP contribution in [0.1, 0.15) is 46.6 Å². The van der Waals surface area contributed by atoms with Gasteiger partial charge in [-0.3, -0.25) is 0 Å². The van der Waals surface area contributed by atoms with Gasteiger partial charge in [0, 0.05) is 11.1 Å². The van der Waals surface area contributed by atoms with Crippen LogP contribution in [0.3, 0.4) is 0 Å². The van der Waals surface area contributed by atoms with Crippen molar-refractivity contribution in [1.29, 1.82) is 0 Å². The fourth-order valence-electron chi connectivity index (χ4n) is 3.98. The number of hydrogen-bond donors (Lipinski definition) is 1. The van der Waals surface area contributed by atoms with E-state index in [1.807, 2.05) is 36.4 Å². The zero-order valence-electron chi connectivity index (χ0n) is 15.0. The Bertz CT molecular complexity index is 831. The van der Waals surface area contributed by atoms with Crippen molar-refractivity contribution in [1.82, 2.24) is 0 Å². The third-order valence-electron chi connectivity index (χ3n) is 4.42. The van der Waals surface area contributed by atoms with Gasteiger partial charge in [-0.1, -0.05) is 71.0 Å². The summed E-state index contributed by atoms with van der Waals surface area (Å²) in [5.41, 5.74) is 2.45. The summed E-state index contributed by atoms with van der Waals surface area (Å²) in [7, 11) is -3.91. The lowest BCUT2D eigenvalue weighted by atomic mass is 9.72. The van der Waals surface area contributed by atoms with Crippen LogP contribution in [0.5, 0.6) is 5.75 Å². The first-order chi connectivity index (χ1) is 11.0. The van der Waals surface area contributed by atoms with Crippen molar-refractivity contribution in [3.63, 3.8) is 0 Å². The summed E-state index contributed by atoms with van der Waals surface area (Å²) in [5.74, 6) is 0.474. The maximum atomic E-state index is 13.0. The molecule has 0 aromatic heterocycles. The molecule has 2 aromatic rings. The second kappa shape index (κ2) is 5.47. The van der Waals surface area contributed by atoms with Gasteiger partial charge in [0.1, 0.15) is 5.75 Å². The molecule has 0 aliphatic carbocycles. The van der Waals surface area contributed by atoms with Crippen molar-refractivity contribution in [3.05, 3.63) is 48.0 Å². The normalized spacial score (nSPS) is 20.1. The van der Waals surface area contributed by atoms with Crippen molar-refractivity contribution in [2.45, 2.75) is 46.5 Å². The summed E-state index contributed by atoms with van der Waals surface area (Å²) in [6, 6.07) is 13.3. The average molecular weight is 344 g/mol. The van der Waals surface area contributed by atoms with E-state index in [2.05, 4.69) is 34.6 Å². The van der Waals surface area contributed by atoms with E-state index >= 15 is 0 Å². The summed E-state index contributed by atoms with van der Waals surface area (Å²) in [6.07, 6.45) is 0.901. The van der Waals surface area contributed by atoms with Crippen LogP contribution in [0.4, 0.5) is 0 Å². The van der Waals surface area contributed by atoms with Gasteiger partial charge in [0.05, 0.1) is 5.30 Å². The number of hydrogen-bond acceptors (Lipinski definition) is 2. The maximum Gasteiger partial charge on any atom is 0.409 e. The molecule has 128 valence electrons. The van der Waals surface area contributed by atoms with E-state index in [1.54, 1.807) is 6.07 Å². The lowest BCUT2D eigenvalue weighted by Crippen LogP contribution is -2.33. The van der Waals surface area contributed by atoms with Crippen LogP contribution in [0.15, 0.2) is 42.5 Å². The van der Waals surface area contributed by atoms with E-state index in [1.165, 1.54) is 0 Å². The zero-order chi connectivity index (χ0) is 17.8. The topological polar surface area (TPSA) is 46.5 Å². The van der Waals surface area contributed by atoms with Crippen molar-refractivity contribution in [2.75, 3.05) is 0 Å². The molecule has 4 heteroatoms. The molecule has 1 aliphatic heterocycles. The summed E-state index contributed by atoms with van der Waals surface area (Å²) >= 11 is 0. The first kappa shape index (κ1) is 17.3. The Morgan fingerprint density at radius 1 is 0.958 bits per heavy atom. The van der Waals surface area contributed by atoms with Crippen LogP contribution in [-0.4, -0.2) is 4.89 Å². The van der Waals surface area contributed by atoms with Gasteiger partial charge in [-0.05, 0) is 28.9 Å². The number of fused-ring (bicyclic) bond motifs is 3. The Labute approximate surface area is 144 Å². The number of para-hydroxylation sites is 1. The van der Waals surface area contributed by atoms with Crippen molar-refractivity contribution in [2.24, 2.45) is 5.41 Å². The molecule has 0 spiro atoms. The molecule has 1 N–H and O–H groups in total. The average Bonchev–Trinajstić information content (AvgIpc) is 2.44.